The molecule has 2 rings (SSSR count). The fourth-order valence-electron chi connectivity index (χ4n) is 1.80. The number of anilines is 1. The molecule has 2 N–H and O–H groups in total. The number of methoxy groups -OCH3 is 1. The molecule has 1 fully saturated rings. The first kappa shape index (κ1) is 12.7. The molecular weight excluding hydrogens is 226 g/mol. The molecular formula is C14H19N3O. The molecule has 0 saturated heterocycles. The van der Waals surface area contributed by atoms with Gasteiger partial charge in [0.2, 0.25) is 0 Å². The van der Waals surface area contributed by atoms with E-state index in [1.807, 2.05) is 6.07 Å². The van der Waals surface area contributed by atoms with Crippen LogP contribution >= 0.6 is 0 Å². The number of nitriles is 1. The Kier molecular flexibility index (Phi) is 4.43. The molecule has 0 radical (unpaired) electrons. The van der Waals surface area contributed by atoms with E-state index in [2.05, 4.69) is 16.7 Å². The van der Waals surface area contributed by atoms with Gasteiger partial charge in [-0.25, -0.2) is 0 Å². The number of nitrogens with one attached hydrogen (secondary N) is 2. The first-order chi connectivity index (χ1) is 8.83. The zero-order valence-electron chi connectivity index (χ0n) is 10.7. The van der Waals surface area contributed by atoms with Crippen LogP contribution < -0.4 is 15.4 Å². The first-order valence-corrected chi connectivity index (χ1v) is 6.39. The number of benzene rings is 1. The standard InChI is InChI=1S/C14H19N3O/c1-18-13-6-3-11(10-15)14(9-13)17-8-2-7-16-12-4-5-12/h3,6,9,12,16-17H,2,4-5,7-8H2,1H3. The van der Waals surface area contributed by atoms with E-state index in [4.69, 9.17) is 10.00 Å². The molecule has 1 saturated carbocycles. The average Bonchev–Trinajstić information content (AvgIpc) is 3.22. The van der Waals surface area contributed by atoms with Crippen LogP contribution in [0.2, 0.25) is 0 Å². The number of hydrogen-bond donors (Lipinski definition) is 2. The van der Waals surface area contributed by atoms with E-state index in [-0.39, 0.29) is 0 Å². The van der Waals surface area contributed by atoms with Gasteiger partial charge in [0.1, 0.15) is 11.8 Å². The Morgan fingerprint density at radius 1 is 1.39 bits per heavy atom. The molecule has 96 valence electrons. The van der Waals surface area contributed by atoms with Gasteiger partial charge in [-0.1, -0.05) is 0 Å². The number of hydrogen-bond acceptors (Lipinski definition) is 4. The Hall–Kier alpha value is -1.73. The van der Waals surface area contributed by atoms with Crippen molar-refractivity contribution in [3.8, 4) is 11.8 Å². The third-order valence-electron chi connectivity index (χ3n) is 3.03. The van der Waals surface area contributed by atoms with Gasteiger partial charge in [-0.3, -0.25) is 0 Å². The van der Waals surface area contributed by atoms with Crippen molar-refractivity contribution in [3.63, 3.8) is 0 Å². The third-order valence-corrected chi connectivity index (χ3v) is 3.03. The largest absolute Gasteiger partial charge is 0.497 e. The van der Waals surface area contributed by atoms with Gasteiger partial charge in [0.15, 0.2) is 0 Å². The van der Waals surface area contributed by atoms with Crippen molar-refractivity contribution < 1.29 is 4.74 Å². The zero-order valence-corrected chi connectivity index (χ0v) is 10.7. The molecule has 1 aliphatic carbocycles. The van der Waals surface area contributed by atoms with Crippen LogP contribution in [-0.4, -0.2) is 26.2 Å². The molecule has 1 aromatic rings. The normalized spacial score (nSPS) is 14.0. The lowest BCUT2D eigenvalue weighted by Gasteiger charge is -2.10. The number of rotatable bonds is 7. The topological polar surface area (TPSA) is 57.1 Å². The Morgan fingerprint density at radius 3 is 2.89 bits per heavy atom. The van der Waals surface area contributed by atoms with Crippen LogP contribution in [0.1, 0.15) is 24.8 Å². The predicted octanol–water partition coefficient (Wildman–Crippen LogP) is 2.12. The Morgan fingerprint density at radius 2 is 2.22 bits per heavy atom. The summed E-state index contributed by atoms with van der Waals surface area (Å²) in [6, 6.07) is 8.40. The van der Waals surface area contributed by atoms with Gasteiger partial charge in [0, 0.05) is 18.7 Å². The molecule has 4 heteroatoms. The minimum absolute atomic E-state index is 0.658. The number of ether oxygens (including phenoxy) is 1. The minimum atomic E-state index is 0.658. The second-order valence-corrected chi connectivity index (χ2v) is 4.53. The Bertz CT molecular complexity index is 435. The molecule has 0 atom stereocenters. The van der Waals surface area contributed by atoms with Crippen LogP contribution in [0.5, 0.6) is 5.75 Å². The van der Waals surface area contributed by atoms with Crippen molar-refractivity contribution in [2.75, 3.05) is 25.5 Å². The maximum absolute atomic E-state index is 9.02. The van der Waals surface area contributed by atoms with Gasteiger partial charge < -0.3 is 15.4 Å². The molecule has 0 heterocycles. The van der Waals surface area contributed by atoms with E-state index < -0.39 is 0 Å². The van der Waals surface area contributed by atoms with Gasteiger partial charge in [-0.2, -0.15) is 5.26 Å². The fraction of sp³-hybridized carbons (Fsp3) is 0.500. The Balaban J connectivity index is 1.80. The predicted molar refractivity (Wildman–Crippen MR) is 71.8 cm³/mol. The van der Waals surface area contributed by atoms with E-state index >= 15 is 0 Å². The van der Waals surface area contributed by atoms with Crippen LogP contribution in [0, 0.1) is 11.3 Å². The van der Waals surface area contributed by atoms with Gasteiger partial charge in [-0.05, 0) is 37.9 Å². The molecule has 18 heavy (non-hydrogen) atoms. The minimum Gasteiger partial charge on any atom is -0.497 e. The number of nitrogens with zero attached hydrogens (tertiary/aromatic N) is 1. The second-order valence-electron chi connectivity index (χ2n) is 4.53. The molecule has 1 aliphatic rings. The van der Waals surface area contributed by atoms with E-state index in [0.29, 0.717) is 5.56 Å². The van der Waals surface area contributed by atoms with Crippen LogP contribution in [0.25, 0.3) is 0 Å². The molecule has 0 amide bonds. The van der Waals surface area contributed by atoms with E-state index in [1.54, 1.807) is 19.2 Å². The molecule has 0 spiro atoms. The SMILES string of the molecule is COc1ccc(C#N)c(NCCCNC2CC2)c1. The summed E-state index contributed by atoms with van der Waals surface area (Å²) in [6.45, 7) is 1.89. The first-order valence-electron chi connectivity index (χ1n) is 6.39. The van der Waals surface area contributed by atoms with Gasteiger partial charge >= 0.3 is 0 Å². The quantitative estimate of drug-likeness (QED) is 0.722. The summed E-state index contributed by atoms with van der Waals surface area (Å²) >= 11 is 0. The Labute approximate surface area is 108 Å². The smallest absolute Gasteiger partial charge is 0.121 e. The lowest BCUT2D eigenvalue weighted by molar-refractivity contribution is 0.415. The summed E-state index contributed by atoms with van der Waals surface area (Å²) in [4.78, 5) is 0. The third kappa shape index (κ3) is 3.64. The van der Waals surface area contributed by atoms with Crippen molar-refractivity contribution in [2.45, 2.75) is 25.3 Å². The van der Waals surface area contributed by atoms with Gasteiger partial charge in [0.05, 0.1) is 18.4 Å². The molecule has 4 nitrogen and oxygen atoms in total. The summed E-state index contributed by atoms with van der Waals surface area (Å²) in [7, 11) is 1.63. The van der Waals surface area contributed by atoms with Crippen molar-refractivity contribution in [1.29, 1.82) is 5.26 Å². The highest BCUT2D eigenvalue weighted by molar-refractivity contribution is 5.60. The van der Waals surface area contributed by atoms with Crippen LogP contribution in [0.3, 0.4) is 0 Å². The van der Waals surface area contributed by atoms with E-state index in [1.165, 1.54) is 12.8 Å². The zero-order chi connectivity index (χ0) is 12.8. The van der Waals surface area contributed by atoms with Crippen LogP contribution in [0.4, 0.5) is 5.69 Å². The van der Waals surface area contributed by atoms with Gasteiger partial charge in [-0.15, -0.1) is 0 Å². The van der Waals surface area contributed by atoms with Crippen molar-refractivity contribution in [1.82, 2.24) is 5.32 Å². The summed E-state index contributed by atoms with van der Waals surface area (Å²) in [6.07, 6.45) is 3.70. The van der Waals surface area contributed by atoms with E-state index in [9.17, 15) is 0 Å². The van der Waals surface area contributed by atoms with Gasteiger partial charge in [0.25, 0.3) is 0 Å². The molecule has 0 aliphatic heterocycles. The summed E-state index contributed by atoms with van der Waals surface area (Å²) in [5, 5.41) is 15.8. The second kappa shape index (κ2) is 6.27. The molecule has 0 unspecified atom stereocenters. The lowest BCUT2D eigenvalue weighted by Crippen LogP contribution is -2.20. The summed E-state index contributed by atoms with van der Waals surface area (Å²) in [5.41, 5.74) is 1.51. The van der Waals surface area contributed by atoms with Crippen LogP contribution in [-0.2, 0) is 0 Å². The molecule has 0 bridgehead atoms. The summed E-state index contributed by atoms with van der Waals surface area (Å²) < 4.78 is 5.16. The maximum Gasteiger partial charge on any atom is 0.121 e. The van der Waals surface area contributed by atoms with Crippen molar-refractivity contribution in [2.24, 2.45) is 0 Å². The van der Waals surface area contributed by atoms with Crippen molar-refractivity contribution in [3.05, 3.63) is 23.8 Å². The average molecular weight is 245 g/mol. The highest BCUT2D eigenvalue weighted by Gasteiger charge is 2.19. The monoisotopic (exact) mass is 245 g/mol. The van der Waals surface area contributed by atoms with E-state index in [0.717, 1.165) is 37.0 Å². The summed E-state index contributed by atoms with van der Waals surface area (Å²) in [5.74, 6) is 0.771. The lowest BCUT2D eigenvalue weighted by atomic mass is 10.2. The van der Waals surface area contributed by atoms with Crippen molar-refractivity contribution >= 4 is 5.69 Å². The fourth-order valence-corrected chi connectivity index (χ4v) is 1.80. The maximum atomic E-state index is 9.02. The highest BCUT2D eigenvalue weighted by Crippen LogP contribution is 2.22. The van der Waals surface area contributed by atoms with Crippen LogP contribution in [0.15, 0.2) is 18.2 Å². The molecule has 0 aromatic heterocycles. The highest BCUT2D eigenvalue weighted by atomic mass is 16.5. The molecule has 1 aromatic carbocycles.